The van der Waals surface area contributed by atoms with Crippen LogP contribution in [-0.2, 0) is 4.79 Å². The molecule has 3 aromatic carbocycles. The topological polar surface area (TPSA) is 49.4 Å². The van der Waals surface area contributed by atoms with Crippen molar-refractivity contribution in [3.63, 3.8) is 0 Å². The molecule has 1 heterocycles. The number of hydrogen-bond donors (Lipinski definition) is 1. The second kappa shape index (κ2) is 7.78. The van der Waals surface area contributed by atoms with Gasteiger partial charge >= 0.3 is 0 Å². The fourth-order valence-electron chi connectivity index (χ4n) is 3.45. The number of hydrogen-bond acceptors (Lipinski definition) is 2. The Bertz CT molecular complexity index is 1060. The molecule has 0 saturated carbocycles. The number of nitrogens with one attached hydrogen (secondary N) is 1. The van der Waals surface area contributed by atoms with Crippen LogP contribution in [0.3, 0.4) is 0 Å². The summed E-state index contributed by atoms with van der Waals surface area (Å²) in [5, 5.41) is 3.45. The predicted molar refractivity (Wildman–Crippen MR) is 114 cm³/mol. The average molecular weight is 456 g/mol. The Hall–Kier alpha value is -2.63. The number of amides is 2. The van der Waals surface area contributed by atoms with E-state index in [2.05, 4.69) is 21.2 Å². The minimum absolute atomic E-state index is 0.0735. The lowest BCUT2D eigenvalue weighted by Crippen LogP contribution is -2.39. The molecule has 0 radical (unpaired) electrons. The highest BCUT2D eigenvalue weighted by Crippen LogP contribution is 2.40. The van der Waals surface area contributed by atoms with Gasteiger partial charge in [0, 0.05) is 26.3 Å². The zero-order valence-electron chi connectivity index (χ0n) is 14.7. The molecule has 3 aromatic rings. The summed E-state index contributed by atoms with van der Waals surface area (Å²) in [5.41, 5.74) is 2.76. The Morgan fingerprint density at radius 2 is 1.71 bits per heavy atom. The normalized spacial score (nSPS) is 16.1. The van der Waals surface area contributed by atoms with Gasteiger partial charge in [0.25, 0.3) is 5.91 Å². The summed E-state index contributed by atoms with van der Waals surface area (Å²) >= 11 is 10.0. The molecule has 0 saturated heterocycles. The Kier molecular flexibility index (Phi) is 5.20. The molecule has 0 bridgehead atoms. The van der Waals surface area contributed by atoms with Crippen LogP contribution >= 0.6 is 27.5 Å². The molecule has 0 unspecified atom stereocenters. The van der Waals surface area contributed by atoms with Gasteiger partial charge in [-0.25, -0.2) is 0 Å². The first-order chi connectivity index (χ1) is 13.5. The SMILES string of the molecule is O=C1CN(C(=O)c2ccccc2)[C@@H](c2ccccc2Cl)c2cc(Br)ccc2N1. The molecular weight excluding hydrogens is 440 g/mol. The summed E-state index contributed by atoms with van der Waals surface area (Å²) in [6.45, 7) is -0.0735. The van der Waals surface area contributed by atoms with Crippen molar-refractivity contribution in [1.82, 2.24) is 4.90 Å². The van der Waals surface area contributed by atoms with Crippen LogP contribution in [0, 0.1) is 0 Å². The van der Waals surface area contributed by atoms with Crippen molar-refractivity contribution in [2.45, 2.75) is 6.04 Å². The van der Waals surface area contributed by atoms with E-state index in [0.717, 1.165) is 15.6 Å². The highest BCUT2D eigenvalue weighted by Gasteiger charge is 2.35. The maximum absolute atomic E-state index is 13.4. The first kappa shape index (κ1) is 18.7. The van der Waals surface area contributed by atoms with Crippen molar-refractivity contribution >= 4 is 45.0 Å². The molecular formula is C22H16BrClN2O2. The summed E-state index contributed by atoms with van der Waals surface area (Å²) in [6.07, 6.45) is 0. The Morgan fingerprint density at radius 1 is 1.00 bits per heavy atom. The molecule has 0 aromatic heterocycles. The second-order valence-corrected chi connectivity index (χ2v) is 7.83. The first-order valence-electron chi connectivity index (χ1n) is 8.74. The van der Waals surface area contributed by atoms with E-state index in [-0.39, 0.29) is 18.4 Å². The molecule has 0 spiro atoms. The minimum Gasteiger partial charge on any atom is -0.324 e. The van der Waals surface area contributed by atoms with E-state index in [1.165, 1.54) is 0 Å². The molecule has 0 aliphatic carbocycles. The van der Waals surface area contributed by atoms with Gasteiger partial charge < -0.3 is 10.2 Å². The van der Waals surface area contributed by atoms with Gasteiger partial charge in [-0.2, -0.15) is 0 Å². The maximum atomic E-state index is 13.4. The van der Waals surface area contributed by atoms with Crippen LogP contribution in [0.1, 0.15) is 27.5 Å². The van der Waals surface area contributed by atoms with Gasteiger partial charge in [-0.05, 0) is 42.0 Å². The van der Waals surface area contributed by atoms with E-state index in [4.69, 9.17) is 11.6 Å². The predicted octanol–water partition coefficient (Wildman–Crippen LogP) is 5.29. The molecule has 4 nitrogen and oxygen atoms in total. The first-order valence-corrected chi connectivity index (χ1v) is 9.91. The fourth-order valence-corrected chi connectivity index (χ4v) is 4.06. The van der Waals surface area contributed by atoms with E-state index in [0.29, 0.717) is 16.3 Å². The number of nitrogens with zero attached hydrogens (tertiary/aromatic N) is 1. The lowest BCUT2D eigenvalue weighted by atomic mass is 9.95. The largest absolute Gasteiger partial charge is 0.324 e. The van der Waals surface area contributed by atoms with Crippen LogP contribution in [0.15, 0.2) is 77.3 Å². The zero-order valence-corrected chi connectivity index (χ0v) is 17.1. The summed E-state index contributed by atoms with van der Waals surface area (Å²) < 4.78 is 0.853. The van der Waals surface area contributed by atoms with Crippen LogP contribution < -0.4 is 5.32 Å². The van der Waals surface area contributed by atoms with Gasteiger partial charge in [0.2, 0.25) is 5.91 Å². The van der Waals surface area contributed by atoms with Crippen molar-refractivity contribution in [3.8, 4) is 0 Å². The highest BCUT2D eigenvalue weighted by atomic mass is 79.9. The van der Waals surface area contributed by atoms with E-state index in [1.54, 1.807) is 35.2 Å². The van der Waals surface area contributed by atoms with Gasteiger partial charge in [0.15, 0.2) is 0 Å². The molecule has 140 valence electrons. The third-order valence-electron chi connectivity index (χ3n) is 4.69. The van der Waals surface area contributed by atoms with Crippen molar-refractivity contribution in [3.05, 3.63) is 99.0 Å². The van der Waals surface area contributed by atoms with Crippen LogP contribution in [0.4, 0.5) is 5.69 Å². The van der Waals surface area contributed by atoms with Crippen LogP contribution in [-0.4, -0.2) is 23.3 Å². The van der Waals surface area contributed by atoms with Gasteiger partial charge in [-0.1, -0.05) is 63.9 Å². The lowest BCUT2D eigenvalue weighted by molar-refractivity contribution is -0.117. The number of anilines is 1. The van der Waals surface area contributed by atoms with Gasteiger partial charge in [0.1, 0.15) is 6.54 Å². The number of fused-ring (bicyclic) bond motifs is 1. The van der Waals surface area contributed by atoms with E-state index < -0.39 is 6.04 Å². The highest BCUT2D eigenvalue weighted by molar-refractivity contribution is 9.10. The molecule has 28 heavy (non-hydrogen) atoms. The van der Waals surface area contributed by atoms with Crippen LogP contribution in [0.5, 0.6) is 0 Å². The second-order valence-electron chi connectivity index (χ2n) is 6.50. The van der Waals surface area contributed by atoms with E-state index >= 15 is 0 Å². The van der Waals surface area contributed by atoms with Crippen LogP contribution in [0.25, 0.3) is 0 Å². The standard InChI is InChI=1S/C22H16BrClN2O2/c23-15-10-11-19-17(12-15)21(16-8-4-5-9-18(16)24)26(13-20(27)25-19)22(28)14-6-2-1-3-7-14/h1-12,21H,13H2,(H,25,27)/t21-/m0/s1. The summed E-state index contributed by atoms with van der Waals surface area (Å²) in [5.74, 6) is -0.476. The Labute approximate surface area is 176 Å². The maximum Gasteiger partial charge on any atom is 0.255 e. The third-order valence-corrected chi connectivity index (χ3v) is 5.53. The molecule has 1 atom stereocenters. The average Bonchev–Trinajstić information content (AvgIpc) is 2.84. The lowest BCUT2D eigenvalue weighted by Gasteiger charge is -2.31. The fraction of sp³-hybridized carbons (Fsp3) is 0.0909. The monoisotopic (exact) mass is 454 g/mol. The Morgan fingerprint density at radius 3 is 2.46 bits per heavy atom. The van der Waals surface area contributed by atoms with Crippen molar-refractivity contribution in [2.24, 2.45) is 0 Å². The number of benzene rings is 3. The minimum atomic E-state index is -0.507. The quantitative estimate of drug-likeness (QED) is 0.571. The molecule has 1 aliphatic rings. The van der Waals surface area contributed by atoms with Gasteiger partial charge in [0.05, 0.1) is 6.04 Å². The summed E-state index contributed by atoms with van der Waals surface area (Å²) in [6, 6.07) is 21.5. The molecule has 1 aliphatic heterocycles. The summed E-state index contributed by atoms with van der Waals surface area (Å²) in [4.78, 5) is 27.5. The van der Waals surface area contributed by atoms with Gasteiger partial charge in [-0.15, -0.1) is 0 Å². The van der Waals surface area contributed by atoms with Crippen LogP contribution in [0.2, 0.25) is 5.02 Å². The number of halogens is 2. The summed E-state index contributed by atoms with van der Waals surface area (Å²) in [7, 11) is 0. The van der Waals surface area contributed by atoms with E-state index in [9.17, 15) is 9.59 Å². The smallest absolute Gasteiger partial charge is 0.255 e. The van der Waals surface area contributed by atoms with Crippen molar-refractivity contribution in [2.75, 3.05) is 11.9 Å². The van der Waals surface area contributed by atoms with Gasteiger partial charge in [-0.3, -0.25) is 9.59 Å². The molecule has 6 heteroatoms. The van der Waals surface area contributed by atoms with Crippen molar-refractivity contribution in [1.29, 1.82) is 0 Å². The molecule has 4 rings (SSSR count). The third kappa shape index (κ3) is 3.55. The molecule has 0 fully saturated rings. The number of carbonyl (C=O) groups is 2. The number of rotatable bonds is 2. The number of carbonyl (C=O) groups excluding carboxylic acids is 2. The molecule has 2 amide bonds. The van der Waals surface area contributed by atoms with Crippen molar-refractivity contribution < 1.29 is 9.59 Å². The van der Waals surface area contributed by atoms with E-state index in [1.807, 2.05) is 42.5 Å². The Balaban J connectivity index is 1.93. The zero-order chi connectivity index (χ0) is 19.7. The molecule has 1 N–H and O–H groups in total.